The standard InChI is InChI=1S/C12H18O/c1-3-10(2)11-8-6-4-5-7-9-12(11)13/h8H,2-7,9H2,1H3/b11-8-. The van der Waals surface area contributed by atoms with Gasteiger partial charge in [0, 0.05) is 12.0 Å². The van der Waals surface area contributed by atoms with Crippen molar-refractivity contribution in [2.75, 3.05) is 0 Å². The minimum atomic E-state index is 0.298. The van der Waals surface area contributed by atoms with Gasteiger partial charge in [-0.25, -0.2) is 0 Å². The summed E-state index contributed by atoms with van der Waals surface area (Å²) in [6, 6.07) is 0. The molecule has 0 aliphatic heterocycles. The lowest BCUT2D eigenvalue weighted by Crippen LogP contribution is -2.06. The molecule has 1 aliphatic rings. The SMILES string of the molecule is C=C(CC)/C1=C/CCCCCC1=O. The fraction of sp³-hybridized carbons (Fsp3) is 0.583. The number of hydrogen-bond donors (Lipinski definition) is 0. The van der Waals surface area contributed by atoms with Gasteiger partial charge in [-0.15, -0.1) is 0 Å². The Balaban J connectivity index is 2.75. The lowest BCUT2D eigenvalue weighted by atomic mass is 9.93. The Morgan fingerprint density at radius 1 is 1.46 bits per heavy atom. The Kier molecular flexibility index (Phi) is 3.94. The van der Waals surface area contributed by atoms with E-state index in [2.05, 4.69) is 19.6 Å². The molecule has 0 aromatic rings. The zero-order valence-electron chi connectivity index (χ0n) is 8.44. The van der Waals surface area contributed by atoms with Gasteiger partial charge in [-0.2, -0.15) is 0 Å². The van der Waals surface area contributed by atoms with E-state index in [9.17, 15) is 4.79 Å². The Morgan fingerprint density at radius 2 is 2.23 bits per heavy atom. The van der Waals surface area contributed by atoms with Gasteiger partial charge in [0.2, 0.25) is 0 Å². The number of carbonyl (C=O) groups is 1. The van der Waals surface area contributed by atoms with E-state index in [1.807, 2.05) is 0 Å². The molecule has 0 radical (unpaired) electrons. The molecular weight excluding hydrogens is 160 g/mol. The van der Waals surface area contributed by atoms with Crippen LogP contribution in [-0.4, -0.2) is 5.78 Å². The first-order valence-electron chi connectivity index (χ1n) is 5.17. The highest BCUT2D eigenvalue weighted by atomic mass is 16.1. The van der Waals surface area contributed by atoms with Crippen molar-refractivity contribution in [1.82, 2.24) is 0 Å². The van der Waals surface area contributed by atoms with E-state index in [0.717, 1.165) is 30.4 Å². The molecule has 0 saturated carbocycles. The van der Waals surface area contributed by atoms with Gasteiger partial charge in [0.05, 0.1) is 0 Å². The van der Waals surface area contributed by atoms with Crippen molar-refractivity contribution in [1.29, 1.82) is 0 Å². The molecule has 1 heteroatoms. The normalized spacial score (nSPS) is 22.8. The van der Waals surface area contributed by atoms with E-state index in [0.29, 0.717) is 12.2 Å². The first-order valence-corrected chi connectivity index (χ1v) is 5.17. The summed E-state index contributed by atoms with van der Waals surface area (Å²) in [6.45, 7) is 5.98. The van der Waals surface area contributed by atoms with Crippen LogP contribution in [0.2, 0.25) is 0 Å². The molecule has 0 unspecified atom stereocenters. The quantitative estimate of drug-likeness (QED) is 0.633. The molecule has 0 saturated heterocycles. The van der Waals surface area contributed by atoms with Crippen LogP contribution >= 0.6 is 0 Å². The monoisotopic (exact) mass is 178 g/mol. The van der Waals surface area contributed by atoms with Gasteiger partial charge in [-0.3, -0.25) is 4.79 Å². The van der Waals surface area contributed by atoms with Crippen molar-refractivity contribution in [2.24, 2.45) is 0 Å². The third-order valence-electron chi connectivity index (χ3n) is 2.56. The maximum Gasteiger partial charge on any atom is 0.162 e. The minimum absolute atomic E-state index is 0.298. The van der Waals surface area contributed by atoms with Crippen LogP contribution in [0.1, 0.15) is 45.4 Å². The summed E-state index contributed by atoms with van der Waals surface area (Å²) in [4.78, 5) is 11.6. The average Bonchev–Trinajstić information content (AvgIpc) is 2.11. The van der Waals surface area contributed by atoms with Gasteiger partial charge in [0.25, 0.3) is 0 Å². The largest absolute Gasteiger partial charge is 0.294 e. The molecule has 1 nitrogen and oxygen atoms in total. The Bertz CT molecular complexity index is 236. The highest BCUT2D eigenvalue weighted by Crippen LogP contribution is 2.20. The van der Waals surface area contributed by atoms with Gasteiger partial charge in [0.15, 0.2) is 5.78 Å². The zero-order chi connectivity index (χ0) is 9.68. The van der Waals surface area contributed by atoms with Crippen molar-refractivity contribution >= 4 is 5.78 Å². The van der Waals surface area contributed by atoms with Crippen molar-refractivity contribution in [3.63, 3.8) is 0 Å². The number of allylic oxidation sites excluding steroid dienone is 3. The van der Waals surface area contributed by atoms with Crippen LogP contribution in [0.25, 0.3) is 0 Å². The van der Waals surface area contributed by atoms with Crippen LogP contribution in [0.5, 0.6) is 0 Å². The molecule has 72 valence electrons. The van der Waals surface area contributed by atoms with E-state index >= 15 is 0 Å². The van der Waals surface area contributed by atoms with Gasteiger partial charge in [-0.1, -0.05) is 26.0 Å². The Labute approximate surface area is 80.5 Å². The summed E-state index contributed by atoms with van der Waals surface area (Å²) in [7, 11) is 0. The summed E-state index contributed by atoms with van der Waals surface area (Å²) in [5.74, 6) is 0.298. The first kappa shape index (κ1) is 10.2. The van der Waals surface area contributed by atoms with Crippen molar-refractivity contribution < 1.29 is 4.79 Å². The number of hydrogen-bond acceptors (Lipinski definition) is 1. The number of rotatable bonds is 2. The predicted molar refractivity (Wildman–Crippen MR) is 55.6 cm³/mol. The first-order chi connectivity index (χ1) is 6.25. The fourth-order valence-corrected chi connectivity index (χ4v) is 1.63. The van der Waals surface area contributed by atoms with E-state index < -0.39 is 0 Å². The molecule has 0 spiro atoms. The highest BCUT2D eigenvalue weighted by Gasteiger charge is 2.12. The van der Waals surface area contributed by atoms with Crippen LogP contribution in [0.4, 0.5) is 0 Å². The lowest BCUT2D eigenvalue weighted by molar-refractivity contribution is -0.115. The van der Waals surface area contributed by atoms with Gasteiger partial charge >= 0.3 is 0 Å². The molecule has 1 rings (SSSR count). The predicted octanol–water partition coefficient (Wildman–Crippen LogP) is 3.41. The molecular formula is C12H18O. The number of carbonyl (C=O) groups excluding carboxylic acids is 1. The van der Waals surface area contributed by atoms with E-state index in [-0.39, 0.29) is 0 Å². The third kappa shape index (κ3) is 2.83. The molecule has 1 aliphatic carbocycles. The van der Waals surface area contributed by atoms with Gasteiger partial charge < -0.3 is 0 Å². The molecule has 0 N–H and O–H groups in total. The highest BCUT2D eigenvalue weighted by molar-refractivity contribution is 5.99. The fourth-order valence-electron chi connectivity index (χ4n) is 1.63. The van der Waals surface area contributed by atoms with Gasteiger partial charge in [0.1, 0.15) is 0 Å². The van der Waals surface area contributed by atoms with E-state index in [4.69, 9.17) is 0 Å². The summed E-state index contributed by atoms with van der Waals surface area (Å²) in [5, 5.41) is 0. The second kappa shape index (κ2) is 5.00. The molecule has 0 amide bonds. The topological polar surface area (TPSA) is 17.1 Å². The van der Waals surface area contributed by atoms with Crippen molar-refractivity contribution in [2.45, 2.75) is 45.4 Å². The summed E-state index contributed by atoms with van der Waals surface area (Å²) in [5.41, 5.74) is 1.91. The molecule has 0 aromatic heterocycles. The maximum atomic E-state index is 11.6. The van der Waals surface area contributed by atoms with Crippen molar-refractivity contribution in [3.8, 4) is 0 Å². The second-order valence-electron chi connectivity index (χ2n) is 3.60. The van der Waals surface area contributed by atoms with Crippen molar-refractivity contribution in [3.05, 3.63) is 23.8 Å². The molecule has 0 atom stereocenters. The minimum Gasteiger partial charge on any atom is -0.294 e. The zero-order valence-corrected chi connectivity index (χ0v) is 8.44. The molecule has 0 bridgehead atoms. The molecule has 0 aromatic carbocycles. The summed E-state index contributed by atoms with van der Waals surface area (Å²) in [6.07, 6.45) is 8.17. The number of ketones is 1. The second-order valence-corrected chi connectivity index (χ2v) is 3.60. The Morgan fingerprint density at radius 3 is 2.92 bits per heavy atom. The van der Waals surface area contributed by atoms with Crippen LogP contribution in [0, 0.1) is 0 Å². The van der Waals surface area contributed by atoms with Crippen LogP contribution in [0.15, 0.2) is 23.8 Å². The summed E-state index contributed by atoms with van der Waals surface area (Å²) < 4.78 is 0. The average molecular weight is 178 g/mol. The molecule has 13 heavy (non-hydrogen) atoms. The van der Waals surface area contributed by atoms with Gasteiger partial charge in [-0.05, 0) is 31.3 Å². The number of Topliss-reactive ketones (excluding diaryl/α,β-unsaturated/α-hetero) is 1. The molecule has 0 heterocycles. The van der Waals surface area contributed by atoms with E-state index in [1.165, 1.54) is 12.8 Å². The van der Waals surface area contributed by atoms with Crippen LogP contribution in [0.3, 0.4) is 0 Å². The smallest absolute Gasteiger partial charge is 0.162 e. The Hall–Kier alpha value is -0.850. The lowest BCUT2D eigenvalue weighted by Gasteiger charge is -2.11. The van der Waals surface area contributed by atoms with Crippen LogP contribution < -0.4 is 0 Å². The third-order valence-corrected chi connectivity index (χ3v) is 2.56. The molecule has 0 fully saturated rings. The summed E-state index contributed by atoms with van der Waals surface area (Å²) >= 11 is 0. The van der Waals surface area contributed by atoms with Crippen LogP contribution in [-0.2, 0) is 4.79 Å². The van der Waals surface area contributed by atoms with E-state index in [1.54, 1.807) is 0 Å². The maximum absolute atomic E-state index is 11.6.